The second kappa shape index (κ2) is 7.32. The summed E-state index contributed by atoms with van der Waals surface area (Å²) < 4.78 is 19.3. The lowest BCUT2D eigenvalue weighted by atomic mass is 9.94. The maximum atomic E-state index is 13.9. The molecule has 1 aromatic carbocycles. The number of carbonyl (C=O) groups is 1. The highest BCUT2D eigenvalue weighted by Crippen LogP contribution is 2.39. The Bertz CT molecular complexity index is 704. The van der Waals surface area contributed by atoms with Crippen LogP contribution in [0.4, 0.5) is 4.39 Å². The molecule has 1 N–H and O–H groups in total. The van der Waals surface area contributed by atoms with Crippen LogP contribution in [0.2, 0.25) is 0 Å². The number of methoxy groups -OCH3 is 1. The molecule has 2 heterocycles. The van der Waals surface area contributed by atoms with E-state index in [0.29, 0.717) is 18.7 Å². The summed E-state index contributed by atoms with van der Waals surface area (Å²) in [6.07, 6.45) is 1.50. The molecule has 1 aromatic heterocycles. The maximum Gasteiger partial charge on any atom is 0.307 e. The van der Waals surface area contributed by atoms with Gasteiger partial charge in [-0.2, -0.15) is 0 Å². The fraction of sp³-hybridized carbons (Fsp3) is 0.389. The third-order valence-corrected chi connectivity index (χ3v) is 5.39. The first-order valence-electron chi connectivity index (χ1n) is 7.94. The molecule has 0 radical (unpaired) electrons. The monoisotopic (exact) mass is 349 g/mol. The van der Waals surface area contributed by atoms with Crippen LogP contribution < -0.4 is 4.74 Å². The molecule has 1 aliphatic heterocycles. The summed E-state index contributed by atoms with van der Waals surface area (Å²) in [4.78, 5) is 14.6. The first kappa shape index (κ1) is 16.9. The summed E-state index contributed by atoms with van der Waals surface area (Å²) in [5, 5.41) is 11.4. The number of rotatable bonds is 5. The summed E-state index contributed by atoms with van der Waals surface area (Å²) in [5.74, 6) is -0.858. The van der Waals surface area contributed by atoms with E-state index in [2.05, 4.69) is 4.90 Å². The van der Waals surface area contributed by atoms with Crippen molar-refractivity contribution in [3.8, 4) is 5.75 Å². The molecule has 24 heavy (non-hydrogen) atoms. The minimum absolute atomic E-state index is 0.196. The smallest absolute Gasteiger partial charge is 0.307 e. The van der Waals surface area contributed by atoms with Gasteiger partial charge < -0.3 is 9.84 Å². The SMILES string of the molecule is COc1ccc(F)cc1C(c1cccs1)N1CCCC(C(=O)O)C1. The van der Waals surface area contributed by atoms with E-state index in [9.17, 15) is 14.3 Å². The Hall–Kier alpha value is -1.92. The molecular formula is C18H20FNO3S. The molecule has 6 heteroatoms. The zero-order chi connectivity index (χ0) is 17.1. The molecule has 0 saturated carbocycles. The highest BCUT2D eigenvalue weighted by atomic mass is 32.1. The third kappa shape index (κ3) is 3.44. The summed E-state index contributed by atoms with van der Waals surface area (Å²) in [5.41, 5.74) is 0.742. The molecule has 1 fully saturated rings. The Labute approximate surface area is 144 Å². The van der Waals surface area contributed by atoms with Gasteiger partial charge in [0.15, 0.2) is 0 Å². The van der Waals surface area contributed by atoms with Gasteiger partial charge in [0.25, 0.3) is 0 Å². The van der Waals surface area contributed by atoms with Crippen molar-refractivity contribution in [3.63, 3.8) is 0 Å². The summed E-state index contributed by atoms with van der Waals surface area (Å²) in [6, 6.07) is 8.26. The predicted octanol–water partition coefficient (Wildman–Crippen LogP) is 3.78. The number of aliphatic carboxylic acids is 1. The van der Waals surface area contributed by atoms with Gasteiger partial charge in [0.05, 0.1) is 19.1 Å². The van der Waals surface area contributed by atoms with Crippen molar-refractivity contribution in [3.05, 3.63) is 52.0 Å². The molecular weight excluding hydrogens is 329 g/mol. The van der Waals surface area contributed by atoms with Gasteiger partial charge in [-0.1, -0.05) is 6.07 Å². The van der Waals surface area contributed by atoms with Crippen LogP contribution in [0.25, 0.3) is 0 Å². The van der Waals surface area contributed by atoms with Gasteiger partial charge in [0.1, 0.15) is 11.6 Å². The minimum Gasteiger partial charge on any atom is -0.496 e. The van der Waals surface area contributed by atoms with Gasteiger partial charge in [-0.3, -0.25) is 9.69 Å². The van der Waals surface area contributed by atoms with Crippen LogP contribution in [0.5, 0.6) is 5.75 Å². The summed E-state index contributed by atoms with van der Waals surface area (Å²) >= 11 is 1.59. The van der Waals surface area contributed by atoms with Gasteiger partial charge >= 0.3 is 5.97 Å². The van der Waals surface area contributed by atoms with E-state index in [1.54, 1.807) is 24.5 Å². The van der Waals surface area contributed by atoms with E-state index in [-0.39, 0.29) is 17.8 Å². The standard InChI is InChI=1S/C18H20FNO3S/c1-23-15-7-6-13(19)10-14(15)17(16-5-3-9-24-16)20-8-2-4-12(11-20)18(21)22/h3,5-7,9-10,12,17H,2,4,8,11H2,1H3,(H,21,22). The van der Waals surface area contributed by atoms with Gasteiger partial charge in [-0.05, 0) is 49.0 Å². The summed E-state index contributed by atoms with van der Waals surface area (Å²) in [6.45, 7) is 1.24. The second-order valence-corrected chi connectivity index (χ2v) is 6.96. The molecule has 1 aliphatic rings. The van der Waals surface area contributed by atoms with Crippen molar-refractivity contribution in [2.45, 2.75) is 18.9 Å². The van der Waals surface area contributed by atoms with Crippen molar-refractivity contribution in [1.82, 2.24) is 4.90 Å². The lowest BCUT2D eigenvalue weighted by molar-refractivity contribution is -0.143. The molecule has 3 rings (SSSR count). The first-order chi connectivity index (χ1) is 11.6. The number of likely N-dealkylation sites (tertiary alicyclic amines) is 1. The first-order valence-corrected chi connectivity index (χ1v) is 8.82. The maximum absolute atomic E-state index is 13.9. The minimum atomic E-state index is -0.768. The van der Waals surface area contributed by atoms with Crippen molar-refractivity contribution in [2.75, 3.05) is 20.2 Å². The molecule has 2 unspecified atom stereocenters. The third-order valence-electron chi connectivity index (χ3n) is 4.47. The predicted molar refractivity (Wildman–Crippen MR) is 91.0 cm³/mol. The number of nitrogens with zero attached hydrogens (tertiary/aromatic N) is 1. The van der Waals surface area contributed by atoms with Gasteiger partial charge in [0.2, 0.25) is 0 Å². The second-order valence-electron chi connectivity index (χ2n) is 5.98. The summed E-state index contributed by atoms with van der Waals surface area (Å²) in [7, 11) is 1.57. The van der Waals surface area contributed by atoms with E-state index in [1.165, 1.54) is 12.1 Å². The zero-order valence-electron chi connectivity index (χ0n) is 13.4. The van der Waals surface area contributed by atoms with E-state index >= 15 is 0 Å². The Morgan fingerprint density at radius 3 is 2.96 bits per heavy atom. The highest BCUT2D eigenvalue weighted by molar-refractivity contribution is 7.10. The molecule has 2 atom stereocenters. The van der Waals surface area contributed by atoms with Gasteiger partial charge in [0, 0.05) is 17.0 Å². The Morgan fingerprint density at radius 1 is 1.46 bits per heavy atom. The largest absolute Gasteiger partial charge is 0.496 e. The number of thiophene rings is 1. The normalized spacial score (nSPS) is 19.8. The molecule has 2 aromatic rings. The zero-order valence-corrected chi connectivity index (χ0v) is 14.3. The van der Waals surface area contributed by atoms with Gasteiger partial charge in [-0.15, -0.1) is 11.3 Å². The quantitative estimate of drug-likeness (QED) is 0.892. The van der Waals surface area contributed by atoms with Crippen LogP contribution in [0.1, 0.15) is 29.3 Å². The number of halogens is 1. The average Bonchev–Trinajstić information content (AvgIpc) is 3.10. The fourth-order valence-electron chi connectivity index (χ4n) is 3.34. The molecule has 4 nitrogen and oxygen atoms in total. The number of hydrogen-bond donors (Lipinski definition) is 1. The molecule has 0 spiro atoms. The Balaban J connectivity index is 2.02. The Morgan fingerprint density at radius 2 is 2.29 bits per heavy atom. The molecule has 128 valence electrons. The number of carboxylic acid groups (broad SMARTS) is 1. The van der Waals surface area contributed by atoms with E-state index in [0.717, 1.165) is 23.4 Å². The van der Waals surface area contributed by atoms with Crippen LogP contribution in [-0.4, -0.2) is 36.2 Å². The van der Waals surface area contributed by atoms with Crippen molar-refractivity contribution in [1.29, 1.82) is 0 Å². The van der Waals surface area contributed by atoms with Crippen LogP contribution >= 0.6 is 11.3 Å². The number of benzene rings is 1. The number of ether oxygens (including phenoxy) is 1. The highest BCUT2D eigenvalue weighted by Gasteiger charge is 2.33. The van der Waals surface area contributed by atoms with E-state index < -0.39 is 5.97 Å². The molecule has 0 bridgehead atoms. The van der Waals surface area contributed by atoms with Gasteiger partial charge in [-0.25, -0.2) is 4.39 Å². The molecule has 1 saturated heterocycles. The van der Waals surface area contributed by atoms with E-state index in [1.807, 2.05) is 17.5 Å². The number of carboxylic acids is 1. The fourth-order valence-corrected chi connectivity index (χ4v) is 4.21. The lowest BCUT2D eigenvalue weighted by Crippen LogP contribution is -2.41. The van der Waals surface area contributed by atoms with Crippen LogP contribution in [0.15, 0.2) is 35.7 Å². The van der Waals surface area contributed by atoms with Crippen LogP contribution in [-0.2, 0) is 4.79 Å². The number of hydrogen-bond acceptors (Lipinski definition) is 4. The van der Waals surface area contributed by atoms with Crippen molar-refractivity contribution >= 4 is 17.3 Å². The topological polar surface area (TPSA) is 49.8 Å². The van der Waals surface area contributed by atoms with Crippen LogP contribution in [0, 0.1) is 11.7 Å². The molecule has 0 aliphatic carbocycles. The van der Waals surface area contributed by atoms with Crippen molar-refractivity contribution < 1.29 is 19.0 Å². The van der Waals surface area contributed by atoms with Crippen LogP contribution in [0.3, 0.4) is 0 Å². The lowest BCUT2D eigenvalue weighted by Gasteiger charge is -2.37. The van der Waals surface area contributed by atoms with E-state index in [4.69, 9.17) is 4.74 Å². The Kier molecular flexibility index (Phi) is 5.16. The number of piperidine rings is 1. The average molecular weight is 349 g/mol. The molecule has 0 amide bonds. The van der Waals surface area contributed by atoms with Crippen molar-refractivity contribution in [2.24, 2.45) is 5.92 Å².